The Hall–Kier alpha value is -1.75. The molecule has 1 aromatic carbocycles. The van der Waals surface area contributed by atoms with Crippen LogP contribution in [0.15, 0.2) is 18.2 Å². The van der Waals surface area contributed by atoms with E-state index in [9.17, 15) is 4.79 Å². The number of amides is 1. The average molecular weight is 252 g/mol. The van der Waals surface area contributed by atoms with Crippen molar-refractivity contribution in [3.63, 3.8) is 0 Å². The quantitative estimate of drug-likeness (QED) is 0.752. The van der Waals surface area contributed by atoms with Gasteiger partial charge in [-0.05, 0) is 25.0 Å². The normalized spacial score (nSPS) is 11.9. The van der Waals surface area contributed by atoms with Gasteiger partial charge in [0.2, 0.25) is 5.91 Å². The van der Waals surface area contributed by atoms with Crippen molar-refractivity contribution in [2.45, 2.75) is 25.8 Å². The number of carbonyl (C=O) groups excluding carboxylic acids is 1. The van der Waals surface area contributed by atoms with Crippen LogP contribution in [0.4, 0.5) is 0 Å². The molecule has 0 saturated carbocycles. The molecule has 0 aromatic heterocycles. The van der Waals surface area contributed by atoms with E-state index in [-0.39, 0.29) is 25.0 Å². The molecule has 1 rings (SSSR count). The second kappa shape index (κ2) is 6.86. The SMILES string of the molecule is COc1ccc(CC(C)N)c(OCCC(N)=O)c1. The summed E-state index contributed by atoms with van der Waals surface area (Å²) in [7, 11) is 1.59. The lowest BCUT2D eigenvalue weighted by atomic mass is 10.1. The van der Waals surface area contributed by atoms with Crippen LogP contribution in [0.25, 0.3) is 0 Å². The van der Waals surface area contributed by atoms with Crippen LogP contribution in [0.2, 0.25) is 0 Å². The van der Waals surface area contributed by atoms with Crippen LogP contribution in [0.3, 0.4) is 0 Å². The van der Waals surface area contributed by atoms with Crippen molar-refractivity contribution in [2.24, 2.45) is 11.5 Å². The van der Waals surface area contributed by atoms with Crippen LogP contribution >= 0.6 is 0 Å². The van der Waals surface area contributed by atoms with Gasteiger partial charge in [0.25, 0.3) is 0 Å². The Balaban J connectivity index is 2.79. The fourth-order valence-corrected chi connectivity index (χ4v) is 1.57. The number of carbonyl (C=O) groups is 1. The first-order valence-corrected chi connectivity index (χ1v) is 5.86. The summed E-state index contributed by atoms with van der Waals surface area (Å²) >= 11 is 0. The third kappa shape index (κ3) is 4.63. The molecule has 0 aliphatic heterocycles. The van der Waals surface area contributed by atoms with Crippen molar-refractivity contribution in [3.8, 4) is 11.5 Å². The molecule has 1 unspecified atom stereocenters. The Labute approximate surface area is 107 Å². The number of methoxy groups -OCH3 is 1. The minimum Gasteiger partial charge on any atom is -0.497 e. The molecule has 0 saturated heterocycles. The van der Waals surface area contributed by atoms with Gasteiger partial charge < -0.3 is 20.9 Å². The van der Waals surface area contributed by atoms with E-state index >= 15 is 0 Å². The number of benzene rings is 1. The second-order valence-electron chi connectivity index (χ2n) is 4.22. The Morgan fingerprint density at radius 2 is 2.17 bits per heavy atom. The highest BCUT2D eigenvalue weighted by Gasteiger charge is 2.08. The standard InChI is InChI=1S/C13H20N2O3/c1-9(14)7-10-3-4-11(17-2)8-12(10)18-6-5-13(15)16/h3-4,8-9H,5-7,14H2,1-2H3,(H2,15,16). The summed E-state index contributed by atoms with van der Waals surface area (Å²) in [6, 6.07) is 5.61. The molecular weight excluding hydrogens is 232 g/mol. The number of primary amides is 1. The first-order chi connectivity index (χ1) is 8.52. The van der Waals surface area contributed by atoms with Gasteiger partial charge in [0.15, 0.2) is 0 Å². The fourth-order valence-electron chi connectivity index (χ4n) is 1.57. The van der Waals surface area contributed by atoms with Crippen molar-refractivity contribution in [1.82, 2.24) is 0 Å². The second-order valence-corrected chi connectivity index (χ2v) is 4.22. The highest BCUT2D eigenvalue weighted by Crippen LogP contribution is 2.25. The maximum absolute atomic E-state index is 10.7. The predicted octanol–water partition coefficient (Wildman–Crippen LogP) is 0.839. The van der Waals surface area contributed by atoms with Crippen molar-refractivity contribution in [1.29, 1.82) is 0 Å². The lowest BCUT2D eigenvalue weighted by Crippen LogP contribution is -2.19. The highest BCUT2D eigenvalue weighted by atomic mass is 16.5. The van der Waals surface area contributed by atoms with E-state index in [4.69, 9.17) is 20.9 Å². The smallest absolute Gasteiger partial charge is 0.220 e. The van der Waals surface area contributed by atoms with Crippen LogP contribution in [-0.2, 0) is 11.2 Å². The molecule has 0 heterocycles. The van der Waals surface area contributed by atoms with Crippen molar-refractivity contribution in [3.05, 3.63) is 23.8 Å². The van der Waals surface area contributed by atoms with E-state index in [1.165, 1.54) is 0 Å². The number of nitrogens with two attached hydrogens (primary N) is 2. The van der Waals surface area contributed by atoms with Gasteiger partial charge in [-0.1, -0.05) is 6.07 Å². The molecule has 100 valence electrons. The summed E-state index contributed by atoms with van der Waals surface area (Å²) in [6.45, 7) is 2.19. The van der Waals surface area contributed by atoms with Gasteiger partial charge >= 0.3 is 0 Å². The van der Waals surface area contributed by atoms with E-state index in [1.54, 1.807) is 13.2 Å². The number of ether oxygens (including phenoxy) is 2. The number of rotatable bonds is 7. The summed E-state index contributed by atoms with van der Waals surface area (Å²) in [6.07, 6.45) is 0.894. The lowest BCUT2D eigenvalue weighted by molar-refractivity contribution is -0.118. The molecular formula is C13H20N2O3. The number of hydrogen-bond donors (Lipinski definition) is 2. The minimum atomic E-state index is -0.383. The summed E-state index contributed by atoms with van der Waals surface area (Å²) in [5.41, 5.74) is 11.8. The van der Waals surface area contributed by atoms with Gasteiger partial charge in [0, 0.05) is 12.1 Å². The predicted molar refractivity (Wildman–Crippen MR) is 69.7 cm³/mol. The molecule has 5 nitrogen and oxygen atoms in total. The summed E-state index contributed by atoms with van der Waals surface area (Å²) in [5, 5.41) is 0. The first kappa shape index (κ1) is 14.3. The maximum Gasteiger partial charge on any atom is 0.220 e. The molecule has 0 spiro atoms. The van der Waals surface area contributed by atoms with Crippen LogP contribution < -0.4 is 20.9 Å². The zero-order chi connectivity index (χ0) is 13.5. The molecule has 0 bridgehead atoms. The molecule has 0 aliphatic carbocycles. The van der Waals surface area contributed by atoms with Crippen molar-refractivity contribution in [2.75, 3.05) is 13.7 Å². The molecule has 1 atom stereocenters. The summed E-state index contributed by atoms with van der Waals surface area (Å²) in [4.78, 5) is 10.7. The molecule has 5 heteroatoms. The zero-order valence-corrected chi connectivity index (χ0v) is 10.8. The largest absolute Gasteiger partial charge is 0.497 e. The molecule has 0 aliphatic rings. The molecule has 18 heavy (non-hydrogen) atoms. The van der Waals surface area contributed by atoms with E-state index in [0.29, 0.717) is 17.9 Å². The fraction of sp³-hybridized carbons (Fsp3) is 0.462. The molecule has 1 aromatic rings. The van der Waals surface area contributed by atoms with E-state index in [2.05, 4.69) is 0 Å². The first-order valence-electron chi connectivity index (χ1n) is 5.86. The zero-order valence-electron chi connectivity index (χ0n) is 10.8. The van der Waals surface area contributed by atoms with E-state index < -0.39 is 0 Å². The third-order valence-corrected chi connectivity index (χ3v) is 2.42. The van der Waals surface area contributed by atoms with Crippen LogP contribution in [-0.4, -0.2) is 25.7 Å². The van der Waals surface area contributed by atoms with Crippen LogP contribution in [0, 0.1) is 0 Å². The van der Waals surface area contributed by atoms with E-state index in [0.717, 1.165) is 5.56 Å². The number of hydrogen-bond acceptors (Lipinski definition) is 4. The maximum atomic E-state index is 10.7. The van der Waals surface area contributed by atoms with Gasteiger partial charge in [0.05, 0.1) is 20.1 Å². The minimum absolute atomic E-state index is 0.0388. The Kier molecular flexibility index (Phi) is 5.45. The third-order valence-electron chi connectivity index (χ3n) is 2.42. The molecule has 0 radical (unpaired) electrons. The van der Waals surface area contributed by atoms with E-state index in [1.807, 2.05) is 19.1 Å². The van der Waals surface area contributed by atoms with Gasteiger partial charge in [-0.3, -0.25) is 4.79 Å². The summed E-state index contributed by atoms with van der Waals surface area (Å²) in [5.74, 6) is 1.01. The van der Waals surface area contributed by atoms with Crippen LogP contribution in [0.5, 0.6) is 11.5 Å². The van der Waals surface area contributed by atoms with Gasteiger partial charge in [-0.2, -0.15) is 0 Å². The lowest BCUT2D eigenvalue weighted by Gasteiger charge is -2.14. The topological polar surface area (TPSA) is 87.6 Å². The monoisotopic (exact) mass is 252 g/mol. The highest BCUT2D eigenvalue weighted by molar-refractivity contribution is 5.73. The van der Waals surface area contributed by atoms with Gasteiger partial charge in [-0.25, -0.2) is 0 Å². The molecule has 1 amide bonds. The average Bonchev–Trinajstić information content (AvgIpc) is 2.30. The van der Waals surface area contributed by atoms with Crippen molar-refractivity contribution >= 4 is 5.91 Å². The van der Waals surface area contributed by atoms with Gasteiger partial charge in [0.1, 0.15) is 11.5 Å². The Morgan fingerprint density at radius 1 is 1.44 bits per heavy atom. The van der Waals surface area contributed by atoms with Crippen molar-refractivity contribution < 1.29 is 14.3 Å². The van der Waals surface area contributed by atoms with Crippen LogP contribution in [0.1, 0.15) is 18.9 Å². The molecule has 0 fully saturated rings. The van der Waals surface area contributed by atoms with Gasteiger partial charge in [-0.15, -0.1) is 0 Å². The molecule has 4 N–H and O–H groups in total. The summed E-state index contributed by atoms with van der Waals surface area (Å²) < 4.78 is 10.7. The Morgan fingerprint density at radius 3 is 2.72 bits per heavy atom. The Bertz CT molecular complexity index is 405.